The Labute approximate surface area is 188 Å². The van der Waals surface area contributed by atoms with E-state index in [9.17, 15) is 10.2 Å². The molecule has 0 aliphatic heterocycles. The molecule has 0 radical (unpaired) electrons. The van der Waals surface area contributed by atoms with Gasteiger partial charge in [-0.1, -0.05) is 38.0 Å². The molecule has 0 aromatic heterocycles. The Morgan fingerprint density at radius 3 is 2.13 bits per heavy atom. The van der Waals surface area contributed by atoms with Gasteiger partial charge in [-0.3, -0.25) is 0 Å². The van der Waals surface area contributed by atoms with Crippen LogP contribution in [0.2, 0.25) is 0 Å². The van der Waals surface area contributed by atoms with Crippen LogP contribution in [0.25, 0.3) is 0 Å². The van der Waals surface area contributed by atoms with Crippen molar-refractivity contribution in [2.45, 2.75) is 102 Å². The number of ether oxygens (including phenoxy) is 1. The van der Waals surface area contributed by atoms with Crippen molar-refractivity contribution in [1.82, 2.24) is 0 Å². The number of aliphatic hydroxyl groups excluding tert-OH is 1. The van der Waals surface area contributed by atoms with Crippen LogP contribution < -0.4 is 0 Å². The Bertz CT molecular complexity index is 687. The Morgan fingerprint density at radius 2 is 1.55 bits per heavy atom. The molecule has 31 heavy (non-hydrogen) atoms. The predicted octanol–water partition coefficient (Wildman–Crippen LogP) is 6.94. The number of benzene rings is 1. The number of phenols is 1. The minimum Gasteiger partial charge on any atom is -0.508 e. The Morgan fingerprint density at radius 1 is 0.935 bits per heavy atom. The molecule has 1 aromatic rings. The molecule has 3 aliphatic carbocycles. The van der Waals surface area contributed by atoms with Crippen LogP contribution >= 0.6 is 0 Å². The molecule has 3 nitrogen and oxygen atoms in total. The summed E-state index contributed by atoms with van der Waals surface area (Å²) in [5.74, 6) is 2.81. The zero-order valence-corrected chi connectivity index (χ0v) is 19.3. The van der Waals surface area contributed by atoms with Crippen molar-refractivity contribution in [3.63, 3.8) is 0 Å². The molecule has 3 fully saturated rings. The minimum absolute atomic E-state index is 0.175. The number of hydrogen-bond acceptors (Lipinski definition) is 3. The molecule has 4 rings (SSSR count). The number of phenolic OH excluding ortho intramolecular Hbond substituents is 1. The van der Waals surface area contributed by atoms with Crippen molar-refractivity contribution in [2.75, 3.05) is 0 Å². The lowest BCUT2D eigenvalue weighted by Gasteiger charge is -2.47. The van der Waals surface area contributed by atoms with Gasteiger partial charge in [0.1, 0.15) is 5.75 Å². The second kappa shape index (κ2) is 10.1. The summed E-state index contributed by atoms with van der Waals surface area (Å²) in [6.07, 6.45) is 15.9. The topological polar surface area (TPSA) is 49.7 Å². The van der Waals surface area contributed by atoms with Gasteiger partial charge in [-0.05, 0) is 105 Å². The maximum Gasteiger partial charge on any atom is 0.157 e. The lowest BCUT2D eigenvalue weighted by atomic mass is 9.59. The molecule has 172 valence electrons. The van der Waals surface area contributed by atoms with E-state index in [1.54, 1.807) is 12.1 Å². The summed E-state index contributed by atoms with van der Waals surface area (Å²) in [5, 5.41) is 20.4. The van der Waals surface area contributed by atoms with Gasteiger partial charge < -0.3 is 14.9 Å². The first kappa shape index (κ1) is 22.9. The van der Waals surface area contributed by atoms with Crippen molar-refractivity contribution in [2.24, 2.45) is 23.2 Å². The van der Waals surface area contributed by atoms with Gasteiger partial charge in [0.05, 0.1) is 6.10 Å². The van der Waals surface area contributed by atoms with Crippen molar-refractivity contribution < 1.29 is 14.9 Å². The molecule has 0 spiro atoms. The highest BCUT2D eigenvalue weighted by molar-refractivity contribution is 5.28. The average molecular weight is 427 g/mol. The highest BCUT2D eigenvalue weighted by Crippen LogP contribution is 2.51. The minimum atomic E-state index is -0.621. The van der Waals surface area contributed by atoms with Crippen LogP contribution in [0.4, 0.5) is 0 Å². The summed E-state index contributed by atoms with van der Waals surface area (Å²) in [6, 6.07) is 7.64. The molecule has 0 bridgehead atoms. The Kier molecular flexibility index (Phi) is 7.44. The van der Waals surface area contributed by atoms with E-state index in [0.29, 0.717) is 17.1 Å². The van der Waals surface area contributed by atoms with Gasteiger partial charge in [0.25, 0.3) is 0 Å². The largest absolute Gasteiger partial charge is 0.508 e. The fourth-order valence-corrected chi connectivity index (χ4v) is 6.66. The lowest BCUT2D eigenvalue weighted by Crippen LogP contribution is -2.39. The highest BCUT2D eigenvalue weighted by Gasteiger charge is 2.42. The predicted molar refractivity (Wildman–Crippen MR) is 126 cm³/mol. The van der Waals surface area contributed by atoms with E-state index in [0.717, 1.165) is 63.2 Å². The first-order valence-corrected chi connectivity index (χ1v) is 12.7. The standard InChI is InChI=1S/C28H42O3/c1-3-28(24-10-4-20(2)5-11-24)18-16-23(17-19-28)27(30)31-26-14-8-22(9-15-26)21-6-12-25(29)13-7-21/h3,6-7,12-13,20,22-24,26-27,29-30H,1,4-5,8-11,14-19H2,2H3. The van der Waals surface area contributed by atoms with Crippen molar-refractivity contribution in [1.29, 1.82) is 0 Å². The average Bonchev–Trinajstić information content (AvgIpc) is 2.81. The SMILES string of the molecule is C=CC1(C2CCC(C)CC2)CCC(C(O)OC2CCC(c3ccc(O)cc3)CC2)CC1. The van der Waals surface area contributed by atoms with Crippen LogP contribution in [0.15, 0.2) is 36.9 Å². The van der Waals surface area contributed by atoms with E-state index in [4.69, 9.17) is 4.74 Å². The molecule has 1 aromatic carbocycles. The summed E-state index contributed by atoms with van der Waals surface area (Å²) < 4.78 is 6.19. The maximum atomic E-state index is 10.9. The third-order valence-electron chi connectivity index (χ3n) is 8.97. The maximum absolute atomic E-state index is 10.9. The van der Waals surface area contributed by atoms with Crippen LogP contribution in [0.1, 0.15) is 95.5 Å². The van der Waals surface area contributed by atoms with Crippen molar-refractivity contribution in [3.8, 4) is 5.75 Å². The van der Waals surface area contributed by atoms with Gasteiger partial charge in [-0.2, -0.15) is 0 Å². The molecule has 3 aliphatic rings. The molecule has 3 saturated carbocycles. The molecular weight excluding hydrogens is 384 g/mol. The Hall–Kier alpha value is -1.32. The normalized spacial score (nSPS) is 37.8. The Balaban J connectivity index is 1.23. The highest BCUT2D eigenvalue weighted by atomic mass is 16.6. The van der Waals surface area contributed by atoms with Crippen LogP contribution in [-0.4, -0.2) is 22.6 Å². The number of aliphatic hydroxyl groups is 1. The first-order chi connectivity index (χ1) is 15.0. The van der Waals surface area contributed by atoms with Crippen LogP contribution in [0.5, 0.6) is 5.75 Å². The summed E-state index contributed by atoms with van der Waals surface area (Å²) in [4.78, 5) is 0. The fourth-order valence-electron chi connectivity index (χ4n) is 6.66. The second-order valence-corrected chi connectivity index (χ2v) is 10.8. The summed E-state index contributed by atoms with van der Waals surface area (Å²) in [6.45, 7) is 6.63. The van der Waals surface area contributed by atoms with Crippen LogP contribution in [0, 0.1) is 23.2 Å². The third-order valence-corrected chi connectivity index (χ3v) is 8.97. The molecule has 1 unspecified atom stereocenters. The van der Waals surface area contributed by atoms with Crippen molar-refractivity contribution >= 4 is 0 Å². The van der Waals surface area contributed by atoms with E-state index < -0.39 is 6.29 Å². The summed E-state index contributed by atoms with van der Waals surface area (Å²) in [5.41, 5.74) is 1.60. The molecule has 3 heteroatoms. The fraction of sp³-hybridized carbons (Fsp3) is 0.714. The van der Waals surface area contributed by atoms with Gasteiger partial charge in [-0.15, -0.1) is 6.58 Å². The van der Waals surface area contributed by atoms with E-state index in [1.807, 2.05) is 12.1 Å². The van der Waals surface area contributed by atoms with E-state index in [2.05, 4.69) is 19.6 Å². The van der Waals surface area contributed by atoms with Crippen LogP contribution in [-0.2, 0) is 4.74 Å². The quantitative estimate of drug-likeness (QED) is 0.382. The molecule has 1 atom stereocenters. The smallest absolute Gasteiger partial charge is 0.157 e. The number of allylic oxidation sites excluding steroid dienone is 1. The van der Waals surface area contributed by atoms with E-state index in [1.165, 1.54) is 31.2 Å². The molecule has 2 N–H and O–H groups in total. The van der Waals surface area contributed by atoms with Gasteiger partial charge in [0.2, 0.25) is 0 Å². The lowest BCUT2D eigenvalue weighted by molar-refractivity contribution is -0.182. The van der Waals surface area contributed by atoms with Gasteiger partial charge in [0, 0.05) is 5.92 Å². The van der Waals surface area contributed by atoms with Crippen LogP contribution in [0.3, 0.4) is 0 Å². The zero-order valence-electron chi connectivity index (χ0n) is 19.3. The van der Waals surface area contributed by atoms with Gasteiger partial charge in [0.15, 0.2) is 6.29 Å². The monoisotopic (exact) mass is 426 g/mol. The van der Waals surface area contributed by atoms with E-state index >= 15 is 0 Å². The number of aromatic hydroxyl groups is 1. The number of hydrogen-bond donors (Lipinski definition) is 2. The van der Waals surface area contributed by atoms with Gasteiger partial charge >= 0.3 is 0 Å². The third kappa shape index (κ3) is 5.37. The van der Waals surface area contributed by atoms with E-state index in [-0.39, 0.29) is 12.0 Å². The molecule has 0 amide bonds. The molecule has 0 saturated heterocycles. The summed E-state index contributed by atoms with van der Waals surface area (Å²) in [7, 11) is 0. The zero-order chi connectivity index (χ0) is 21.8. The molecule has 0 heterocycles. The molecular formula is C28H42O3. The van der Waals surface area contributed by atoms with Gasteiger partial charge in [-0.25, -0.2) is 0 Å². The number of rotatable bonds is 6. The second-order valence-electron chi connectivity index (χ2n) is 10.8. The summed E-state index contributed by atoms with van der Waals surface area (Å²) >= 11 is 0. The first-order valence-electron chi connectivity index (χ1n) is 12.7. The van der Waals surface area contributed by atoms with Crippen molar-refractivity contribution in [3.05, 3.63) is 42.5 Å².